The molecular weight excluding hydrogens is 328 g/mol. The first-order valence-electron chi connectivity index (χ1n) is 10.9. The lowest BCUT2D eigenvalue weighted by atomic mass is 10.0. The molecule has 0 aliphatic rings. The van der Waals surface area contributed by atoms with Gasteiger partial charge in [-0.1, -0.05) is 97.3 Å². The molecule has 0 fully saturated rings. The fourth-order valence-corrected chi connectivity index (χ4v) is 2.65. The van der Waals surface area contributed by atoms with Gasteiger partial charge >= 0.3 is 11.9 Å². The van der Waals surface area contributed by atoms with Crippen LogP contribution in [0.5, 0.6) is 0 Å². The largest absolute Gasteiger partial charge is 0.481 e. The predicted octanol–water partition coefficient (Wildman–Crippen LogP) is 6.90. The molecule has 4 heteroatoms. The maximum Gasteiger partial charge on any atom is 0.303 e. The van der Waals surface area contributed by atoms with E-state index in [1.807, 2.05) is 0 Å². The molecule has 0 bridgehead atoms. The summed E-state index contributed by atoms with van der Waals surface area (Å²) in [7, 11) is 0. The standard InChI is InChI=1S/C16H32O2.C6H12O2/c1-2-3-4-5-6-7-8-9-10-11-12-13-14-15-16(17)18;1-3-4-5-8-6(2)7/h2-15H2,1H3,(H,17,18);3-5H2,1-2H3. The highest BCUT2D eigenvalue weighted by molar-refractivity contribution is 5.66. The molecule has 0 aromatic heterocycles. The van der Waals surface area contributed by atoms with Crippen molar-refractivity contribution in [2.45, 2.75) is 124 Å². The zero-order valence-corrected chi connectivity index (χ0v) is 17.7. The number of unbranched alkanes of at least 4 members (excludes halogenated alkanes) is 13. The van der Waals surface area contributed by atoms with Crippen molar-refractivity contribution in [1.82, 2.24) is 0 Å². The van der Waals surface area contributed by atoms with Gasteiger partial charge in [0.05, 0.1) is 6.61 Å². The van der Waals surface area contributed by atoms with Gasteiger partial charge in [-0.3, -0.25) is 9.59 Å². The molecule has 0 atom stereocenters. The molecule has 0 spiro atoms. The van der Waals surface area contributed by atoms with Gasteiger partial charge in [0.15, 0.2) is 0 Å². The number of carboxylic acids is 1. The topological polar surface area (TPSA) is 63.6 Å². The fourth-order valence-electron chi connectivity index (χ4n) is 2.65. The number of hydrogen-bond donors (Lipinski definition) is 1. The monoisotopic (exact) mass is 372 g/mol. The van der Waals surface area contributed by atoms with Gasteiger partial charge in [0, 0.05) is 13.3 Å². The van der Waals surface area contributed by atoms with Crippen molar-refractivity contribution in [1.29, 1.82) is 0 Å². The third-order valence-electron chi connectivity index (χ3n) is 4.30. The molecule has 0 heterocycles. The van der Waals surface area contributed by atoms with Crippen LogP contribution in [-0.4, -0.2) is 23.7 Å². The number of carboxylic acid groups (broad SMARTS) is 1. The Morgan fingerprint density at radius 3 is 1.38 bits per heavy atom. The van der Waals surface area contributed by atoms with E-state index in [1.165, 1.54) is 77.6 Å². The lowest BCUT2D eigenvalue weighted by Gasteiger charge is -2.02. The first-order chi connectivity index (χ1) is 12.5. The van der Waals surface area contributed by atoms with Gasteiger partial charge in [-0.25, -0.2) is 0 Å². The predicted molar refractivity (Wildman–Crippen MR) is 109 cm³/mol. The summed E-state index contributed by atoms with van der Waals surface area (Å²) < 4.78 is 4.64. The summed E-state index contributed by atoms with van der Waals surface area (Å²) in [5, 5.41) is 8.49. The Kier molecular flexibility index (Phi) is 25.0. The summed E-state index contributed by atoms with van der Waals surface area (Å²) in [6.45, 7) is 6.32. The SMILES string of the molecule is CCCCCCCCCCCCCCCC(=O)O.CCCCOC(C)=O. The Bertz CT molecular complexity index is 303. The van der Waals surface area contributed by atoms with Crippen molar-refractivity contribution in [3.05, 3.63) is 0 Å². The van der Waals surface area contributed by atoms with Gasteiger partial charge in [0.1, 0.15) is 0 Å². The maximum atomic E-state index is 10.3. The highest BCUT2D eigenvalue weighted by Gasteiger charge is 1.96. The van der Waals surface area contributed by atoms with Crippen molar-refractivity contribution < 1.29 is 19.4 Å². The minimum absolute atomic E-state index is 0.182. The van der Waals surface area contributed by atoms with Crippen LogP contribution in [0.3, 0.4) is 0 Å². The number of rotatable bonds is 17. The smallest absolute Gasteiger partial charge is 0.303 e. The van der Waals surface area contributed by atoms with Crippen LogP contribution in [0.1, 0.15) is 124 Å². The van der Waals surface area contributed by atoms with E-state index in [4.69, 9.17) is 5.11 Å². The number of esters is 1. The average Bonchev–Trinajstić information content (AvgIpc) is 2.59. The minimum Gasteiger partial charge on any atom is -0.481 e. The van der Waals surface area contributed by atoms with E-state index in [0.29, 0.717) is 13.0 Å². The summed E-state index contributed by atoms with van der Waals surface area (Å²) in [6, 6.07) is 0. The van der Waals surface area contributed by atoms with E-state index in [2.05, 4.69) is 18.6 Å². The van der Waals surface area contributed by atoms with Crippen LogP contribution >= 0.6 is 0 Å². The molecule has 0 aliphatic carbocycles. The molecule has 0 unspecified atom stereocenters. The Morgan fingerprint density at radius 1 is 0.654 bits per heavy atom. The summed E-state index contributed by atoms with van der Waals surface area (Å²) in [5.74, 6) is -0.837. The average molecular weight is 373 g/mol. The molecule has 0 aromatic carbocycles. The molecule has 0 radical (unpaired) electrons. The molecular formula is C22H44O4. The molecule has 0 rings (SSSR count). The molecule has 1 N–H and O–H groups in total. The van der Waals surface area contributed by atoms with Gasteiger partial charge in [-0.05, 0) is 12.8 Å². The van der Waals surface area contributed by atoms with Crippen molar-refractivity contribution >= 4 is 11.9 Å². The van der Waals surface area contributed by atoms with Crippen LogP contribution in [0.2, 0.25) is 0 Å². The molecule has 156 valence electrons. The Labute approximate surface area is 162 Å². The number of aliphatic carboxylic acids is 1. The van der Waals surface area contributed by atoms with E-state index in [0.717, 1.165) is 25.7 Å². The second kappa shape index (κ2) is 23.9. The summed E-state index contributed by atoms with van der Waals surface area (Å²) in [6.07, 6.45) is 19.3. The van der Waals surface area contributed by atoms with E-state index in [-0.39, 0.29) is 5.97 Å². The Balaban J connectivity index is 0. The molecule has 4 nitrogen and oxygen atoms in total. The zero-order valence-electron chi connectivity index (χ0n) is 17.7. The highest BCUT2D eigenvalue weighted by atomic mass is 16.5. The first kappa shape index (κ1) is 27.2. The lowest BCUT2D eigenvalue weighted by molar-refractivity contribution is -0.141. The molecule has 0 saturated carbocycles. The van der Waals surface area contributed by atoms with E-state index < -0.39 is 5.97 Å². The minimum atomic E-state index is -0.655. The quantitative estimate of drug-likeness (QED) is 0.223. The zero-order chi connectivity index (χ0) is 19.9. The van der Waals surface area contributed by atoms with Crippen LogP contribution in [0.4, 0.5) is 0 Å². The summed E-state index contributed by atoms with van der Waals surface area (Å²) >= 11 is 0. The molecule has 26 heavy (non-hydrogen) atoms. The normalized spacial score (nSPS) is 10.1. The van der Waals surface area contributed by atoms with E-state index >= 15 is 0 Å². The maximum absolute atomic E-state index is 10.3. The fraction of sp³-hybridized carbons (Fsp3) is 0.909. The van der Waals surface area contributed by atoms with Crippen molar-refractivity contribution in [2.75, 3.05) is 6.61 Å². The van der Waals surface area contributed by atoms with Crippen molar-refractivity contribution in [3.63, 3.8) is 0 Å². The van der Waals surface area contributed by atoms with Gasteiger partial charge < -0.3 is 9.84 Å². The highest BCUT2D eigenvalue weighted by Crippen LogP contribution is 2.12. The van der Waals surface area contributed by atoms with E-state index in [1.54, 1.807) is 0 Å². The summed E-state index contributed by atoms with van der Waals surface area (Å²) in [5.41, 5.74) is 0. The molecule has 0 aliphatic heterocycles. The first-order valence-corrected chi connectivity index (χ1v) is 10.9. The Morgan fingerprint density at radius 2 is 1.04 bits per heavy atom. The van der Waals surface area contributed by atoms with Crippen LogP contribution in [0, 0.1) is 0 Å². The van der Waals surface area contributed by atoms with Gasteiger partial charge in [0.2, 0.25) is 0 Å². The third kappa shape index (κ3) is 30.8. The molecule has 0 aromatic rings. The van der Waals surface area contributed by atoms with Crippen LogP contribution < -0.4 is 0 Å². The van der Waals surface area contributed by atoms with Crippen LogP contribution in [-0.2, 0) is 14.3 Å². The van der Waals surface area contributed by atoms with Gasteiger partial charge in [0.25, 0.3) is 0 Å². The van der Waals surface area contributed by atoms with Crippen molar-refractivity contribution in [3.8, 4) is 0 Å². The van der Waals surface area contributed by atoms with Gasteiger partial charge in [-0.2, -0.15) is 0 Å². The Hall–Kier alpha value is -1.06. The van der Waals surface area contributed by atoms with Crippen molar-refractivity contribution in [2.24, 2.45) is 0 Å². The second-order valence-corrected chi connectivity index (χ2v) is 7.08. The van der Waals surface area contributed by atoms with Crippen LogP contribution in [0.25, 0.3) is 0 Å². The molecule has 0 saturated heterocycles. The molecule has 0 amide bonds. The summed E-state index contributed by atoms with van der Waals surface area (Å²) in [4.78, 5) is 20.4. The number of carbonyl (C=O) groups excluding carboxylic acids is 1. The lowest BCUT2D eigenvalue weighted by Crippen LogP contribution is -1.99. The number of hydrogen-bond acceptors (Lipinski definition) is 3. The third-order valence-corrected chi connectivity index (χ3v) is 4.30. The second-order valence-electron chi connectivity index (χ2n) is 7.08. The van der Waals surface area contributed by atoms with Gasteiger partial charge in [-0.15, -0.1) is 0 Å². The van der Waals surface area contributed by atoms with Crippen LogP contribution in [0.15, 0.2) is 0 Å². The number of carbonyl (C=O) groups is 2. The number of ether oxygens (including phenoxy) is 1. The van der Waals surface area contributed by atoms with E-state index in [9.17, 15) is 9.59 Å².